The zero-order chi connectivity index (χ0) is 20.8. The number of carbonyl (C=O) groups excluding carboxylic acids is 3. The Labute approximate surface area is 169 Å². The highest BCUT2D eigenvalue weighted by molar-refractivity contribution is 5.97. The van der Waals surface area contributed by atoms with Gasteiger partial charge in [0.2, 0.25) is 0 Å². The average molecular weight is 392 g/mol. The lowest BCUT2D eigenvalue weighted by Gasteiger charge is -2.25. The Morgan fingerprint density at radius 3 is 2.76 bits per heavy atom. The highest BCUT2D eigenvalue weighted by Crippen LogP contribution is 2.35. The van der Waals surface area contributed by atoms with Crippen LogP contribution in [0.1, 0.15) is 59.4 Å². The van der Waals surface area contributed by atoms with E-state index in [1.165, 1.54) is 11.1 Å². The number of rotatable bonds is 5. The molecule has 0 radical (unpaired) electrons. The Hall–Kier alpha value is -3.24. The second-order valence-electron chi connectivity index (χ2n) is 7.04. The summed E-state index contributed by atoms with van der Waals surface area (Å²) >= 11 is 0. The van der Waals surface area contributed by atoms with Crippen molar-refractivity contribution in [1.82, 2.24) is 9.38 Å². The molecule has 1 aliphatic carbocycles. The smallest absolute Gasteiger partial charge is 0.373 e. The summed E-state index contributed by atoms with van der Waals surface area (Å²) in [6.07, 6.45) is 6.02. The zero-order valence-electron chi connectivity index (χ0n) is 16.7. The summed E-state index contributed by atoms with van der Waals surface area (Å²) in [5, 5.41) is 0. The van der Waals surface area contributed by atoms with Gasteiger partial charge in [0.15, 0.2) is 17.2 Å². The standard InChI is InChI=1S/C22H24N2O2.CO2/c1-3-26-20-12-7-13-24-21(15(2)23-22(20)24)19(25)14-17-10-6-9-16-8-4-5-11-18(16)17;2-1-3/h4-5,7-8,11-13,17H,3,6,9-10,14H2,1-2H3;/t17-;/m1./s1. The van der Waals surface area contributed by atoms with Crippen molar-refractivity contribution < 1.29 is 19.1 Å². The second kappa shape index (κ2) is 9.30. The van der Waals surface area contributed by atoms with E-state index in [0.717, 1.165) is 36.4 Å². The molecule has 6 heteroatoms. The molecule has 0 aliphatic heterocycles. The highest BCUT2D eigenvalue weighted by atomic mass is 16.5. The minimum Gasteiger partial charge on any atom is -0.490 e. The molecule has 3 aromatic rings. The van der Waals surface area contributed by atoms with Crippen LogP contribution in [0.5, 0.6) is 5.75 Å². The third-order valence-corrected chi connectivity index (χ3v) is 5.28. The number of aromatic nitrogens is 2. The Morgan fingerprint density at radius 1 is 1.24 bits per heavy atom. The number of fused-ring (bicyclic) bond motifs is 2. The topological polar surface area (TPSA) is 77.7 Å². The van der Waals surface area contributed by atoms with E-state index in [1.807, 2.05) is 36.6 Å². The molecule has 29 heavy (non-hydrogen) atoms. The van der Waals surface area contributed by atoms with Crippen molar-refractivity contribution in [2.45, 2.75) is 45.4 Å². The number of nitrogens with zero attached hydrogens (tertiary/aromatic N) is 2. The molecular formula is C23H24N2O4. The van der Waals surface area contributed by atoms with E-state index in [4.69, 9.17) is 14.3 Å². The number of hydrogen-bond acceptors (Lipinski definition) is 5. The number of carbonyl (C=O) groups is 1. The maximum atomic E-state index is 13.2. The molecule has 0 bridgehead atoms. The molecule has 2 aromatic heterocycles. The summed E-state index contributed by atoms with van der Waals surface area (Å²) in [5.41, 5.74) is 4.91. The van der Waals surface area contributed by atoms with Crippen LogP contribution < -0.4 is 4.74 Å². The molecule has 1 aliphatic rings. The minimum absolute atomic E-state index is 0.158. The van der Waals surface area contributed by atoms with Gasteiger partial charge in [0.25, 0.3) is 0 Å². The average Bonchev–Trinajstić information content (AvgIpc) is 3.06. The summed E-state index contributed by atoms with van der Waals surface area (Å²) < 4.78 is 7.56. The van der Waals surface area contributed by atoms with Gasteiger partial charge in [-0.2, -0.15) is 9.59 Å². The molecule has 2 heterocycles. The van der Waals surface area contributed by atoms with Crippen molar-refractivity contribution in [1.29, 1.82) is 0 Å². The second-order valence-corrected chi connectivity index (χ2v) is 7.04. The fraction of sp³-hybridized carbons (Fsp3) is 0.348. The first-order valence-electron chi connectivity index (χ1n) is 9.81. The molecule has 0 fully saturated rings. The first-order chi connectivity index (χ1) is 14.1. The summed E-state index contributed by atoms with van der Waals surface area (Å²) in [7, 11) is 0. The van der Waals surface area contributed by atoms with Crippen molar-refractivity contribution in [2.24, 2.45) is 0 Å². The summed E-state index contributed by atoms with van der Waals surface area (Å²) in [5.74, 6) is 1.18. The van der Waals surface area contributed by atoms with Gasteiger partial charge >= 0.3 is 6.15 Å². The number of Topliss-reactive ketones (excluding diaryl/α,β-unsaturated/α-hetero) is 1. The van der Waals surface area contributed by atoms with E-state index in [9.17, 15) is 4.79 Å². The number of pyridine rings is 1. The predicted octanol–water partition coefficient (Wildman–Crippen LogP) is 4.15. The van der Waals surface area contributed by atoms with Crippen LogP contribution in [0, 0.1) is 6.92 Å². The molecule has 6 nitrogen and oxygen atoms in total. The molecule has 1 aromatic carbocycles. The lowest BCUT2D eigenvalue weighted by atomic mass is 9.80. The van der Waals surface area contributed by atoms with Crippen LogP contribution in [0.3, 0.4) is 0 Å². The molecule has 0 spiro atoms. The van der Waals surface area contributed by atoms with Gasteiger partial charge in [0.1, 0.15) is 5.69 Å². The van der Waals surface area contributed by atoms with E-state index < -0.39 is 0 Å². The molecule has 0 amide bonds. The lowest BCUT2D eigenvalue weighted by molar-refractivity contribution is -0.191. The normalized spacial score (nSPS) is 15.0. The molecule has 0 saturated heterocycles. The molecule has 4 rings (SSSR count). The van der Waals surface area contributed by atoms with Gasteiger partial charge < -0.3 is 4.74 Å². The van der Waals surface area contributed by atoms with Gasteiger partial charge in [-0.15, -0.1) is 0 Å². The van der Waals surface area contributed by atoms with Gasteiger partial charge in [-0.25, -0.2) is 4.98 Å². The molecule has 0 saturated carbocycles. The molecule has 150 valence electrons. The summed E-state index contributed by atoms with van der Waals surface area (Å²) in [6, 6.07) is 12.4. The fourth-order valence-corrected chi connectivity index (χ4v) is 4.15. The number of imidazole rings is 1. The zero-order valence-corrected chi connectivity index (χ0v) is 16.7. The Kier molecular flexibility index (Phi) is 6.57. The predicted molar refractivity (Wildman–Crippen MR) is 107 cm³/mol. The SMILES string of the molecule is CCOc1cccn2c(C(=O)C[C@H]3CCCc4ccccc43)c(C)nc12.O=C=O. The Balaban J connectivity index is 0.000000755. The van der Waals surface area contributed by atoms with Crippen LogP contribution >= 0.6 is 0 Å². The van der Waals surface area contributed by atoms with Crippen LogP contribution in [0.4, 0.5) is 0 Å². The van der Waals surface area contributed by atoms with Crippen molar-refractivity contribution in [2.75, 3.05) is 6.61 Å². The van der Waals surface area contributed by atoms with Crippen LogP contribution in [0.25, 0.3) is 5.65 Å². The van der Waals surface area contributed by atoms with Gasteiger partial charge in [0, 0.05) is 12.6 Å². The Bertz CT molecular complexity index is 1050. The largest absolute Gasteiger partial charge is 0.490 e. The van der Waals surface area contributed by atoms with Gasteiger partial charge in [-0.1, -0.05) is 24.3 Å². The lowest BCUT2D eigenvalue weighted by Crippen LogP contribution is -2.15. The monoisotopic (exact) mass is 392 g/mol. The number of benzene rings is 1. The first kappa shape index (κ1) is 20.5. The minimum atomic E-state index is 0.158. The highest BCUT2D eigenvalue weighted by Gasteiger charge is 2.26. The van der Waals surface area contributed by atoms with Gasteiger partial charge in [-0.05, 0) is 62.3 Å². The third kappa shape index (κ3) is 4.28. The number of ether oxygens (including phenoxy) is 1. The Morgan fingerprint density at radius 2 is 2.00 bits per heavy atom. The van der Waals surface area contributed by atoms with E-state index in [2.05, 4.69) is 29.2 Å². The van der Waals surface area contributed by atoms with E-state index in [0.29, 0.717) is 24.6 Å². The molecule has 0 unspecified atom stereocenters. The van der Waals surface area contributed by atoms with E-state index >= 15 is 0 Å². The molecular weight excluding hydrogens is 368 g/mol. The first-order valence-corrected chi connectivity index (χ1v) is 9.81. The van der Waals surface area contributed by atoms with Crippen molar-refractivity contribution in [3.63, 3.8) is 0 Å². The fourth-order valence-electron chi connectivity index (χ4n) is 4.15. The summed E-state index contributed by atoms with van der Waals surface area (Å²) in [4.78, 5) is 34.0. The van der Waals surface area contributed by atoms with Crippen molar-refractivity contribution in [3.05, 3.63) is 65.1 Å². The number of hydrogen-bond donors (Lipinski definition) is 0. The van der Waals surface area contributed by atoms with E-state index in [-0.39, 0.29) is 11.9 Å². The van der Waals surface area contributed by atoms with Crippen molar-refractivity contribution >= 4 is 17.6 Å². The molecule has 1 atom stereocenters. The quantitative estimate of drug-likeness (QED) is 0.610. The maximum absolute atomic E-state index is 13.2. The van der Waals surface area contributed by atoms with Gasteiger partial charge in [-0.3, -0.25) is 9.20 Å². The van der Waals surface area contributed by atoms with Crippen LogP contribution in [-0.2, 0) is 16.0 Å². The number of ketones is 1. The number of aryl methyl sites for hydroxylation is 2. The van der Waals surface area contributed by atoms with E-state index in [1.54, 1.807) is 0 Å². The third-order valence-electron chi connectivity index (χ3n) is 5.28. The van der Waals surface area contributed by atoms with Crippen LogP contribution in [0.2, 0.25) is 0 Å². The van der Waals surface area contributed by atoms with Crippen LogP contribution in [0.15, 0.2) is 42.6 Å². The molecule has 0 N–H and O–H groups in total. The van der Waals surface area contributed by atoms with Crippen molar-refractivity contribution in [3.8, 4) is 5.75 Å². The van der Waals surface area contributed by atoms with Crippen LogP contribution in [-0.4, -0.2) is 27.9 Å². The van der Waals surface area contributed by atoms with Gasteiger partial charge in [0.05, 0.1) is 12.3 Å². The maximum Gasteiger partial charge on any atom is 0.373 e. The summed E-state index contributed by atoms with van der Waals surface area (Å²) in [6.45, 7) is 4.43.